The van der Waals surface area contributed by atoms with Gasteiger partial charge < -0.3 is 0 Å². The highest BCUT2D eigenvalue weighted by Gasteiger charge is 2.27. The van der Waals surface area contributed by atoms with Crippen LogP contribution in [0.25, 0.3) is 0 Å². The van der Waals surface area contributed by atoms with E-state index >= 15 is 0 Å². The molecule has 0 aliphatic carbocycles. The van der Waals surface area contributed by atoms with E-state index in [2.05, 4.69) is 25.8 Å². The lowest BCUT2D eigenvalue weighted by Crippen LogP contribution is -2.47. The summed E-state index contributed by atoms with van der Waals surface area (Å²) in [5.74, 6) is 0.324. The highest BCUT2D eigenvalue weighted by Crippen LogP contribution is 2.17. The normalized spacial score (nSPS) is 14.8. The maximum atomic E-state index is 12.0. The van der Waals surface area contributed by atoms with Gasteiger partial charge in [-0.05, 0) is 26.7 Å². The number of amides is 1. The Morgan fingerprint density at radius 3 is 1.54 bits per heavy atom. The first-order chi connectivity index (χ1) is 13.7. The SMILES string of the molecule is CCCCCCCCCCCCCCCCCCN(C(C)C)N1CCCC1=O. The second-order valence-corrected chi connectivity index (χ2v) is 9.18. The van der Waals surface area contributed by atoms with Crippen molar-refractivity contribution in [2.24, 2.45) is 0 Å². The lowest BCUT2D eigenvalue weighted by atomic mass is 10.0. The average molecular weight is 395 g/mol. The topological polar surface area (TPSA) is 23.6 Å². The van der Waals surface area contributed by atoms with Crippen LogP contribution < -0.4 is 0 Å². The van der Waals surface area contributed by atoms with Crippen molar-refractivity contribution in [3.05, 3.63) is 0 Å². The Bertz CT molecular complexity index is 370. The zero-order valence-electron chi connectivity index (χ0n) is 19.5. The maximum Gasteiger partial charge on any atom is 0.236 e. The Balaban J connectivity index is 1.85. The standard InChI is InChI=1S/C25H50N2O/c1-4-5-6-7-8-9-10-11-12-13-14-15-16-17-18-19-22-26(24(2)3)27-23-20-21-25(27)28/h24H,4-23H2,1-3H3. The van der Waals surface area contributed by atoms with E-state index in [1.165, 1.54) is 103 Å². The van der Waals surface area contributed by atoms with E-state index in [9.17, 15) is 4.79 Å². The molecule has 0 unspecified atom stereocenters. The van der Waals surface area contributed by atoms with Crippen molar-refractivity contribution >= 4 is 5.91 Å². The summed E-state index contributed by atoms with van der Waals surface area (Å²) in [6.45, 7) is 8.67. The third-order valence-corrected chi connectivity index (χ3v) is 6.20. The fraction of sp³-hybridized carbons (Fsp3) is 0.960. The van der Waals surface area contributed by atoms with Gasteiger partial charge in [-0.3, -0.25) is 9.80 Å². The molecule has 1 amide bonds. The summed E-state index contributed by atoms with van der Waals surface area (Å²) in [6, 6.07) is 0.429. The second-order valence-electron chi connectivity index (χ2n) is 9.18. The number of unbranched alkanes of at least 4 members (excludes halogenated alkanes) is 15. The van der Waals surface area contributed by atoms with Gasteiger partial charge in [-0.1, -0.05) is 103 Å². The number of nitrogens with zero attached hydrogens (tertiary/aromatic N) is 2. The first kappa shape index (κ1) is 25.5. The van der Waals surface area contributed by atoms with Crippen molar-refractivity contribution in [2.45, 2.75) is 142 Å². The molecule has 3 heteroatoms. The van der Waals surface area contributed by atoms with Gasteiger partial charge in [-0.2, -0.15) is 0 Å². The van der Waals surface area contributed by atoms with Gasteiger partial charge in [-0.15, -0.1) is 0 Å². The molecule has 0 saturated carbocycles. The average Bonchev–Trinajstić information content (AvgIpc) is 3.09. The highest BCUT2D eigenvalue weighted by atomic mass is 16.2. The Kier molecular flexibility index (Phi) is 15.7. The summed E-state index contributed by atoms with van der Waals surface area (Å²) in [5, 5.41) is 4.31. The van der Waals surface area contributed by atoms with Crippen molar-refractivity contribution in [1.29, 1.82) is 0 Å². The van der Waals surface area contributed by atoms with E-state index in [1.54, 1.807) is 0 Å². The van der Waals surface area contributed by atoms with Gasteiger partial charge in [0.05, 0.1) is 0 Å². The van der Waals surface area contributed by atoms with E-state index in [0.717, 1.165) is 25.9 Å². The lowest BCUT2D eigenvalue weighted by Gasteiger charge is -2.35. The zero-order valence-corrected chi connectivity index (χ0v) is 19.5. The summed E-state index contributed by atoms with van der Waals surface area (Å²) in [5.41, 5.74) is 0. The van der Waals surface area contributed by atoms with Crippen molar-refractivity contribution in [3.8, 4) is 0 Å². The van der Waals surface area contributed by atoms with E-state index in [1.807, 2.05) is 5.01 Å². The number of carbonyl (C=O) groups is 1. The molecule has 1 fully saturated rings. The molecule has 1 aliphatic rings. The van der Waals surface area contributed by atoms with Crippen LogP contribution in [0, 0.1) is 0 Å². The van der Waals surface area contributed by atoms with Gasteiger partial charge in [-0.25, -0.2) is 5.01 Å². The molecular formula is C25H50N2O. The molecule has 3 nitrogen and oxygen atoms in total. The summed E-state index contributed by atoms with van der Waals surface area (Å²) >= 11 is 0. The molecule has 0 spiro atoms. The minimum Gasteiger partial charge on any atom is -0.275 e. The van der Waals surface area contributed by atoms with Crippen LogP contribution >= 0.6 is 0 Å². The van der Waals surface area contributed by atoms with Crippen LogP contribution in [-0.4, -0.2) is 35.1 Å². The van der Waals surface area contributed by atoms with E-state index < -0.39 is 0 Å². The fourth-order valence-corrected chi connectivity index (χ4v) is 4.39. The molecule has 1 saturated heterocycles. The van der Waals surface area contributed by atoms with E-state index in [0.29, 0.717) is 11.9 Å². The quantitative estimate of drug-likeness (QED) is 0.212. The molecule has 0 bridgehead atoms. The number of carbonyl (C=O) groups excluding carboxylic acids is 1. The zero-order chi connectivity index (χ0) is 20.5. The van der Waals surface area contributed by atoms with Gasteiger partial charge in [0.1, 0.15) is 0 Å². The molecule has 0 N–H and O–H groups in total. The second kappa shape index (κ2) is 17.3. The number of hydrogen-bond acceptors (Lipinski definition) is 2. The van der Waals surface area contributed by atoms with Crippen molar-refractivity contribution in [1.82, 2.24) is 10.0 Å². The van der Waals surface area contributed by atoms with Crippen LogP contribution in [0.1, 0.15) is 136 Å². The summed E-state index contributed by atoms with van der Waals surface area (Å²) in [7, 11) is 0. The smallest absolute Gasteiger partial charge is 0.236 e. The third kappa shape index (κ3) is 12.1. The largest absolute Gasteiger partial charge is 0.275 e. The predicted octanol–water partition coefficient (Wildman–Crippen LogP) is 7.50. The molecule has 166 valence electrons. The van der Waals surface area contributed by atoms with E-state index in [4.69, 9.17) is 0 Å². The van der Waals surface area contributed by atoms with Crippen molar-refractivity contribution < 1.29 is 4.79 Å². The minimum absolute atomic E-state index is 0.324. The lowest BCUT2D eigenvalue weighted by molar-refractivity contribution is -0.146. The Morgan fingerprint density at radius 2 is 1.18 bits per heavy atom. The number of hydrogen-bond donors (Lipinski definition) is 0. The minimum atomic E-state index is 0.324. The van der Waals surface area contributed by atoms with Crippen LogP contribution in [-0.2, 0) is 4.79 Å². The molecule has 1 aliphatic heterocycles. The highest BCUT2D eigenvalue weighted by molar-refractivity contribution is 5.77. The molecule has 28 heavy (non-hydrogen) atoms. The van der Waals surface area contributed by atoms with E-state index in [-0.39, 0.29) is 0 Å². The number of rotatable bonds is 19. The molecule has 0 aromatic heterocycles. The summed E-state index contributed by atoms with van der Waals surface area (Å²) in [6.07, 6.45) is 24.3. The van der Waals surface area contributed by atoms with Crippen LogP contribution in [0.3, 0.4) is 0 Å². The summed E-state index contributed by atoms with van der Waals surface area (Å²) in [4.78, 5) is 12.0. The van der Waals surface area contributed by atoms with Gasteiger partial charge in [0.25, 0.3) is 0 Å². The van der Waals surface area contributed by atoms with Gasteiger partial charge >= 0.3 is 0 Å². The molecule has 1 rings (SSSR count). The predicted molar refractivity (Wildman–Crippen MR) is 122 cm³/mol. The van der Waals surface area contributed by atoms with Crippen LogP contribution in [0.15, 0.2) is 0 Å². The molecule has 1 heterocycles. The van der Waals surface area contributed by atoms with Crippen LogP contribution in [0.2, 0.25) is 0 Å². The van der Waals surface area contributed by atoms with Crippen LogP contribution in [0.4, 0.5) is 0 Å². The maximum absolute atomic E-state index is 12.0. The molecule has 0 atom stereocenters. The Labute approximate surface area is 176 Å². The fourth-order valence-electron chi connectivity index (χ4n) is 4.39. The first-order valence-corrected chi connectivity index (χ1v) is 12.7. The van der Waals surface area contributed by atoms with Crippen LogP contribution in [0.5, 0.6) is 0 Å². The third-order valence-electron chi connectivity index (χ3n) is 6.20. The molecule has 0 aromatic carbocycles. The Morgan fingerprint density at radius 1 is 0.750 bits per heavy atom. The van der Waals surface area contributed by atoms with Gasteiger partial charge in [0, 0.05) is 25.6 Å². The molecular weight excluding hydrogens is 344 g/mol. The Hall–Kier alpha value is -0.570. The van der Waals surface area contributed by atoms with Crippen molar-refractivity contribution in [3.63, 3.8) is 0 Å². The monoisotopic (exact) mass is 394 g/mol. The first-order valence-electron chi connectivity index (χ1n) is 12.7. The number of hydrazine groups is 1. The van der Waals surface area contributed by atoms with Crippen molar-refractivity contribution in [2.75, 3.05) is 13.1 Å². The van der Waals surface area contributed by atoms with Gasteiger partial charge in [0.2, 0.25) is 5.91 Å². The molecule has 0 aromatic rings. The summed E-state index contributed by atoms with van der Waals surface area (Å²) < 4.78 is 0. The molecule has 0 radical (unpaired) electrons. The van der Waals surface area contributed by atoms with Gasteiger partial charge in [0.15, 0.2) is 0 Å².